The van der Waals surface area contributed by atoms with Crippen molar-refractivity contribution in [3.05, 3.63) is 87.3 Å². The van der Waals surface area contributed by atoms with Gasteiger partial charge < -0.3 is 10.3 Å². The number of anilines is 1. The minimum Gasteiger partial charge on any atom is -0.326 e. The largest absolute Gasteiger partial charge is 0.326 e. The number of carbonyl (C=O) groups is 2. The first-order chi connectivity index (χ1) is 14.4. The molecule has 0 fully saturated rings. The van der Waals surface area contributed by atoms with Gasteiger partial charge >= 0.3 is 0 Å². The minimum atomic E-state index is -0.225. The van der Waals surface area contributed by atoms with Crippen molar-refractivity contribution in [1.82, 2.24) is 9.97 Å². The van der Waals surface area contributed by atoms with Gasteiger partial charge in [0.25, 0.3) is 5.56 Å². The van der Waals surface area contributed by atoms with E-state index in [0.717, 1.165) is 5.56 Å². The van der Waals surface area contributed by atoms with E-state index in [4.69, 9.17) is 0 Å². The Bertz CT molecular complexity index is 1110. The van der Waals surface area contributed by atoms with Gasteiger partial charge in [-0.2, -0.15) is 0 Å². The van der Waals surface area contributed by atoms with Crippen LogP contribution < -0.4 is 10.9 Å². The number of aromatic amines is 1. The molecule has 0 aliphatic carbocycles. The van der Waals surface area contributed by atoms with Crippen LogP contribution in [0.25, 0.3) is 0 Å². The summed E-state index contributed by atoms with van der Waals surface area (Å²) in [4.78, 5) is 43.5. The molecule has 0 atom stereocenters. The fourth-order valence-corrected chi connectivity index (χ4v) is 3.81. The van der Waals surface area contributed by atoms with Gasteiger partial charge in [-0.05, 0) is 38.0 Å². The van der Waals surface area contributed by atoms with E-state index in [2.05, 4.69) is 15.3 Å². The maximum atomic E-state index is 12.5. The number of nitrogens with one attached hydrogen (secondary N) is 2. The van der Waals surface area contributed by atoms with Gasteiger partial charge in [-0.3, -0.25) is 14.4 Å². The van der Waals surface area contributed by atoms with Crippen LogP contribution in [-0.4, -0.2) is 21.7 Å². The molecule has 0 saturated carbocycles. The lowest BCUT2D eigenvalue weighted by atomic mass is 10.1. The zero-order valence-electron chi connectivity index (χ0n) is 16.9. The number of aryl methyl sites for hydroxylation is 1. The number of thioether (sulfide) groups is 1. The van der Waals surface area contributed by atoms with Gasteiger partial charge in [-0.25, -0.2) is 4.98 Å². The summed E-state index contributed by atoms with van der Waals surface area (Å²) in [6.45, 7) is 3.26. The van der Waals surface area contributed by atoms with Crippen molar-refractivity contribution in [2.45, 2.75) is 37.6 Å². The predicted molar refractivity (Wildman–Crippen MR) is 119 cm³/mol. The zero-order valence-corrected chi connectivity index (χ0v) is 17.7. The number of H-pyrrole nitrogens is 1. The Kier molecular flexibility index (Phi) is 7.19. The first-order valence-corrected chi connectivity index (χ1v) is 10.6. The summed E-state index contributed by atoms with van der Waals surface area (Å²) in [5, 5.41) is 3.33. The third kappa shape index (κ3) is 5.90. The second kappa shape index (κ2) is 10.0. The lowest BCUT2D eigenvalue weighted by Crippen LogP contribution is -2.20. The van der Waals surface area contributed by atoms with Gasteiger partial charge in [-0.1, -0.05) is 54.2 Å². The Morgan fingerprint density at radius 1 is 1.10 bits per heavy atom. The van der Waals surface area contributed by atoms with Gasteiger partial charge in [0.15, 0.2) is 10.9 Å². The lowest BCUT2D eigenvalue weighted by molar-refractivity contribution is -0.116. The molecule has 1 aromatic heterocycles. The monoisotopic (exact) mass is 421 g/mol. The van der Waals surface area contributed by atoms with E-state index in [1.165, 1.54) is 18.7 Å². The van der Waals surface area contributed by atoms with Gasteiger partial charge in [0, 0.05) is 34.7 Å². The Morgan fingerprint density at radius 2 is 1.87 bits per heavy atom. The van der Waals surface area contributed by atoms with Gasteiger partial charge in [-0.15, -0.1) is 0 Å². The fraction of sp³-hybridized carbons (Fsp3) is 0.217. The standard InChI is InChI=1S/C23H23N3O3S/c1-15-20(11-12-21(28)25-19-10-6-9-18(13-19)16(2)27)22(29)26-23(24-15)30-14-17-7-4-3-5-8-17/h3-10,13H,11-12,14H2,1-2H3,(H,25,28)(H,24,26,29). The van der Waals surface area contributed by atoms with Gasteiger partial charge in [0.2, 0.25) is 5.91 Å². The molecule has 3 aromatic rings. The summed E-state index contributed by atoms with van der Waals surface area (Å²) in [6, 6.07) is 16.7. The summed E-state index contributed by atoms with van der Waals surface area (Å²) < 4.78 is 0. The lowest BCUT2D eigenvalue weighted by Gasteiger charge is -2.08. The van der Waals surface area contributed by atoms with Crippen molar-refractivity contribution in [2.24, 2.45) is 0 Å². The number of benzene rings is 2. The highest BCUT2D eigenvalue weighted by Gasteiger charge is 2.12. The molecule has 0 saturated heterocycles. The fourth-order valence-electron chi connectivity index (χ4n) is 2.95. The maximum Gasteiger partial charge on any atom is 0.254 e. The summed E-state index contributed by atoms with van der Waals surface area (Å²) >= 11 is 1.47. The van der Waals surface area contributed by atoms with Crippen LogP contribution in [0, 0.1) is 6.92 Å². The Balaban J connectivity index is 1.59. The molecule has 0 spiro atoms. The van der Waals surface area contributed by atoms with Crippen LogP contribution in [0.15, 0.2) is 64.5 Å². The number of hydrogen-bond donors (Lipinski definition) is 2. The van der Waals surface area contributed by atoms with Crippen LogP contribution in [-0.2, 0) is 17.0 Å². The molecule has 2 aromatic carbocycles. The molecule has 0 aliphatic rings. The molecular formula is C23H23N3O3S. The molecular weight excluding hydrogens is 398 g/mol. The number of amides is 1. The SMILES string of the molecule is CC(=O)c1cccc(NC(=O)CCc2c(C)nc(SCc3ccccc3)[nH]c2=O)c1. The number of aromatic nitrogens is 2. The molecule has 2 N–H and O–H groups in total. The topological polar surface area (TPSA) is 91.9 Å². The first kappa shape index (κ1) is 21.5. The normalized spacial score (nSPS) is 10.6. The number of rotatable bonds is 8. The summed E-state index contributed by atoms with van der Waals surface area (Å²) in [7, 11) is 0. The predicted octanol–water partition coefficient (Wildman–Crippen LogP) is 4.14. The van der Waals surface area contributed by atoms with Crippen LogP contribution in [0.3, 0.4) is 0 Å². The number of hydrogen-bond acceptors (Lipinski definition) is 5. The average molecular weight is 422 g/mol. The van der Waals surface area contributed by atoms with Crippen molar-refractivity contribution < 1.29 is 9.59 Å². The van der Waals surface area contributed by atoms with E-state index < -0.39 is 0 Å². The van der Waals surface area contributed by atoms with E-state index in [1.54, 1.807) is 31.2 Å². The highest BCUT2D eigenvalue weighted by molar-refractivity contribution is 7.98. The molecule has 0 bridgehead atoms. The van der Waals surface area contributed by atoms with Crippen molar-refractivity contribution >= 4 is 29.1 Å². The molecule has 154 valence electrons. The van der Waals surface area contributed by atoms with E-state index in [9.17, 15) is 14.4 Å². The average Bonchev–Trinajstić information content (AvgIpc) is 2.72. The molecule has 6 nitrogen and oxygen atoms in total. The highest BCUT2D eigenvalue weighted by Crippen LogP contribution is 2.19. The van der Waals surface area contributed by atoms with Crippen molar-refractivity contribution in [1.29, 1.82) is 0 Å². The number of Topliss-reactive ketones (excluding diaryl/α,β-unsaturated/α-hetero) is 1. The Labute approximate surface area is 179 Å². The van der Waals surface area contributed by atoms with E-state index >= 15 is 0 Å². The summed E-state index contributed by atoms with van der Waals surface area (Å²) in [5.41, 5.74) is 3.16. The molecule has 3 rings (SSSR count). The molecule has 0 radical (unpaired) electrons. The van der Waals surface area contributed by atoms with Crippen LogP contribution in [0.2, 0.25) is 0 Å². The maximum absolute atomic E-state index is 12.5. The summed E-state index contributed by atoms with van der Waals surface area (Å²) in [6.07, 6.45) is 0.433. The third-order valence-corrected chi connectivity index (χ3v) is 5.52. The van der Waals surface area contributed by atoms with Gasteiger partial charge in [0.05, 0.1) is 0 Å². The van der Waals surface area contributed by atoms with Crippen molar-refractivity contribution in [3.8, 4) is 0 Å². The third-order valence-electron chi connectivity index (χ3n) is 4.57. The molecule has 30 heavy (non-hydrogen) atoms. The second-order valence-corrected chi connectivity index (χ2v) is 7.86. The van der Waals surface area contributed by atoms with E-state index in [-0.39, 0.29) is 30.1 Å². The summed E-state index contributed by atoms with van der Waals surface area (Å²) in [5.74, 6) is 0.422. The molecule has 1 heterocycles. The first-order valence-electron chi connectivity index (χ1n) is 9.60. The Morgan fingerprint density at radius 3 is 2.57 bits per heavy atom. The number of ketones is 1. The molecule has 0 unspecified atom stereocenters. The van der Waals surface area contributed by atoms with Crippen molar-refractivity contribution in [2.75, 3.05) is 5.32 Å². The van der Waals surface area contributed by atoms with Crippen LogP contribution >= 0.6 is 11.8 Å². The van der Waals surface area contributed by atoms with Crippen LogP contribution in [0.4, 0.5) is 5.69 Å². The smallest absolute Gasteiger partial charge is 0.254 e. The van der Waals surface area contributed by atoms with Gasteiger partial charge in [0.1, 0.15) is 0 Å². The molecule has 1 amide bonds. The van der Waals surface area contributed by atoms with Crippen LogP contribution in [0.1, 0.15) is 40.5 Å². The van der Waals surface area contributed by atoms with E-state index in [0.29, 0.717) is 33.4 Å². The van der Waals surface area contributed by atoms with Crippen molar-refractivity contribution in [3.63, 3.8) is 0 Å². The molecule has 7 heteroatoms. The zero-order chi connectivity index (χ0) is 21.5. The molecule has 0 aliphatic heterocycles. The van der Waals surface area contributed by atoms with Crippen LogP contribution in [0.5, 0.6) is 0 Å². The highest BCUT2D eigenvalue weighted by atomic mass is 32.2. The number of nitrogens with zero attached hydrogens (tertiary/aromatic N) is 1. The minimum absolute atomic E-state index is 0.0652. The quantitative estimate of drug-likeness (QED) is 0.324. The number of carbonyl (C=O) groups excluding carboxylic acids is 2. The Hall–Kier alpha value is -3.19. The van der Waals surface area contributed by atoms with E-state index in [1.807, 2.05) is 30.3 Å². The second-order valence-electron chi connectivity index (χ2n) is 6.89.